The summed E-state index contributed by atoms with van der Waals surface area (Å²) in [6.07, 6.45) is 10.4. The minimum Gasteiger partial charge on any atom is -0.288 e. The average molecular weight is 254 g/mol. The molecule has 0 atom stereocenters. The number of carbonyl (C=O) groups excluding carboxylic acids is 1. The predicted molar refractivity (Wildman–Crippen MR) is 70.6 cm³/mol. The quantitative estimate of drug-likeness (QED) is 0.459. The van der Waals surface area contributed by atoms with E-state index in [9.17, 15) is 4.79 Å². The molecular weight excluding hydrogens is 240 g/mol. The number of nitrogens with zero attached hydrogens (tertiary/aromatic N) is 2. The lowest BCUT2D eigenvalue weighted by molar-refractivity contribution is -0.109. The Bertz CT molecular complexity index is 363. The Balaban J connectivity index is 2.35. The summed E-state index contributed by atoms with van der Waals surface area (Å²) in [7, 11) is 0. The van der Waals surface area contributed by atoms with Gasteiger partial charge in [-0.1, -0.05) is 35.7 Å². The number of rotatable bonds is 5. The fraction of sp³-hybridized carbons (Fsp3) is 0.364. The second-order valence-electron chi connectivity index (χ2n) is 3.03. The molecule has 0 aliphatic heterocycles. The third-order valence-corrected chi connectivity index (χ3v) is 3.15. The molecule has 0 aliphatic rings. The first-order chi connectivity index (χ1) is 7.72. The molecule has 1 heterocycles. The molecule has 0 spiro atoms. The Hall–Kier alpha value is -0.810. The predicted octanol–water partition coefficient (Wildman–Crippen LogP) is 2.88. The molecule has 0 N–H and O–H groups in total. The van der Waals surface area contributed by atoms with E-state index in [-0.39, 0.29) is 5.12 Å². The Morgan fingerprint density at radius 3 is 2.69 bits per heavy atom. The summed E-state index contributed by atoms with van der Waals surface area (Å²) in [6.45, 7) is 1.59. The number of hydrogen-bond donors (Lipinski definition) is 0. The Morgan fingerprint density at radius 2 is 2.12 bits per heavy atom. The van der Waals surface area contributed by atoms with Crippen molar-refractivity contribution in [2.45, 2.75) is 18.5 Å². The summed E-state index contributed by atoms with van der Waals surface area (Å²) in [5.41, 5.74) is 0.991. The van der Waals surface area contributed by atoms with Crippen LogP contribution in [0.1, 0.15) is 18.9 Å². The second kappa shape index (κ2) is 7.46. The van der Waals surface area contributed by atoms with Gasteiger partial charge in [0.1, 0.15) is 0 Å². The molecule has 1 aromatic heterocycles. The first-order valence-corrected chi connectivity index (χ1v) is 7.09. The Labute approximate surface area is 104 Å². The van der Waals surface area contributed by atoms with Crippen LogP contribution in [0.15, 0.2) is 23.6 Å². The topological polar surface area (TPSA) is 42.9 Å². The van der Waals surface area contributed by atoms with Gasteiger partial charge in [0.05, 0.1) is 0 Å². The van der Waals surface area contributed by atoms with Gasteiger partial charge in [-0.3, -0.25) is 4.79 Å². The lowest BCUT2D eigenvalue weighted by Gasteiger charge is -1.95. The first kappa shape index (κ1) is 13.3. The third-order valence-electron chi connectivity index (χ3n) is 1.73. The maximum Gasteiger partial charge on any atom is 0.187 e. The van der Waals surface area contributed by atoms with Gasteiger partial charge >= 0.3 is 0 Å². The zero-order chi connectivity index (χ0) is 11.8. The van der Waals surface area contributed by atoms with Crippen LogP contribution in [0.25, 0.3) is 6.08 Å². The van der Waals surface area contributed by atoms with E-state index in [2.05, 4.69) is 9.97 Å². The van der Waals surface area contributed by atoms with Gasteiger partial charge in [-0.2, -0.15) is 0 Å². The molecule has 0 radical (unpaired) electrons. The number of thioether (sulfide) groups is 2. The Kier molecular flexibility index (Phi) is 6.18. The highest BCUT2D eigenvalue weighted by molar-refractivity contribution is 8.13. The van der Waals surface area contributed by atoms with Crippen LogP contribution in [-0.2, 0) is 4.79 Å². The summed E-state index contributed by atoms with van der Waals surface area (Å²) in [4.78, 5) is 19.0. The highest BCUT2D eigenvalue weighted by Gasteiger charge is 1.93. The van der Waals surface area contributed by atoms with Crippen LogP contribution < -0.4 is 0 Å². The lowest BCUT2D eigenvalue weighted by atomic mass is 10.3. The molecular formula is C11H14N2OS2. The summed E-state index contributed by atoms with van der Waals surface area (Å²) in [5, 5.41) is 0.949. The van der Waals surface area contributed by atoms with E-state index < -0.39 is 0 Å². The van der Waals surface area contributed by atoms with Crippen LogP contribution in [0.4, 0.5) is 0 Å². The van der Waals surface area contributed by atoms with Crippen molar-refractivity contribution < 1.29 is 4.79 Å². The van der Waals surface area contributed by atoms with Crippen LogP contribution in [0.2, 0.25) is 0 Å². The van der Waals surface area contributed by atoms with Gasteiger partial charge in [0.15, 0.2) is 10.3 Å². The van der Waals surface area contributed by atoms with E-state index in [1.165, 1.54) is 23.5 Å². The fourth-order valence-corrected chi connectivity index (χ4v) is 1.87. The molecule has 0 aliphatic carbocycles. The molecule has 1 rings (SSSR count). The molecule has 0 unspecified atom stereocenters. The van der Waals surface area contributed by atoms with Crippen molar-refractivity contribution in [3.8, 4) is 0 Å². The summed E-state index contributed by atoms with van der Waals surface area (Å²) in [6, 6.07) is 0. The van der Waals surface area contributed by atoms with Crippen molar-refractivity contribution in [2.75, 3.05) is 12.0 Å². The molecule has 86 valence electrons. The van der Waals surface area contributed by atoms with Crippen LogP contribution in [-0.4, -0.2) is 27.1 Å². The maximum absolute atomic E-state index is 10.7. The molecule has 16 heavy (non-hydrogen) atoms. The molecule has 0 saturated heterocycles. The molecule has 3 nitrogen and oxygen atoms in total. The number of aromatic nitrogens is 2. The highest BCUT2D eigenvalue weighted by atomic mass is 32.2. The van der Waals surface area contributed by atoms with Crippen LogP contribution in [0.5, 0.6) is 0 Å². The van der Waals surface area contributed by atoms with Gasteiger partial charge in [-0.15, -0.1) is 0 Å². The smallest absolute Gasteiger partial charge is 0.187 e. The van der Waals surface area contributed by atoms with E-state index in [0.29, 0.717) is 0 Å². The lowest BCUT2D eigenvalue weighted by Crippen LogP contribution is -1.86. The number of hydrogen-bond acceptors (Lipinski definition) is 5. The van der Waals surface area contributed by atoms with Crippen molar-refractivity contribution in [2.24, 2.45) is 0 Å². The van der Waals surface area contributed by atoms with E-state index in [1.54, 1.807) is 19.3 Å². The fourth-order valence-electron chi connectivity index (χ4n) is 1.01. The molecule has 0 bridgehead atoms. The molecule has 0 aromatic carbocycles. The van der Waals surface area contributed by atoms with E-state index in [4.69, 9.17) is 0 Å². The molecule has 1 aromatic rings. The molecule has 0 saturated carbocycles. The molecule has 0 fully saturated rings. The van der Waals surface area contributed by atoms with Gasteiger partial charge < -0.3 is 0 Å². The van der Waals surface area contributed by atoms with Crippen molar-refractivity contribution in [3.63, 3.8) is 0 Å². The third kappa shape index (κ3) is 5.32. The normalized spacial score (nSPS) is 10.9. The highest BCUT2D eigenvalue weighted by Crippen LogP contribution is 2.09. The van der Waals surface area contributed by atoms with Gasteiger partial charge in [-0.25, -0.2) is 9.97 Å². The van der Waals surface area contributed by atoms with Crippen LogP contribution >= 0.6 is 23.5 Å². The van der Waals surface area contributed by atoms with Crippen LogP contribution in [0, 0.1) is 0 Å². The summed E-state index contributed by atoms with van der Waals surface area (Å²) < 4.78 is 0. The monoisotopic (exact) mass is 254 g/mol. The first-order valence-electron chi connectivity index (χ1n) is 4.88. The number of carbonyl (C=O) groups is 1. The average Bonchev–Trinajstić information content (AvgIpc) is 2.29. The van der Waals surface area contributed by atoms with Crippen molar-refractivity contribution >= 4 is 34.7 Å². The van der Waals surface area contributed by atoms with Crippen molar-refractivity contribution in [3.05, 3.63) is 24.0 Å². The Morgan fingerprint density at radius 1 is 1.44 bits per heavy atom. The summed E-state index contributed by atoms with van der Waals surface area (Å²) >= 11 is 2.87. The number of allylic oxidation sites excluding steroid dienone is 1. The van der Waals surface area contributed by atoms with Crippen molar-refractivity contribution in [1.29, 1.82) is 0 Å². The van der Waals surface area contributed by atoms with Gasteiger partial charge in [0.25, 0.3) is 0 Å². The van der Waals surface area contributed by atoms with Crippen LogP contribution in [0.3, 0.4) is 0 Å². The molecule has 5 heteroatoms. The standard InChI is InChI=1S/C11H14N2OS2/c1-9(14)16-6-4-3-5-10-7-12-11(15-2)13-8-10/h3,5,7-8H,4,6H2,1-2H3. The maximum atomic E-state index is 10.7. The van der Waals surface area contributed by atoms with Gasteiger partial charge in [0.2, 0.25) is 0 Å². The van der Waals surface area contributed by atoms with E-state index in [0.717, 1.165) is 22.9 Å². The van der Waals surface area contributed by atoms with Crippen molar-refractivity contribution in [1.82, 2.24) is 9.97 Å². The minimum absolute atomic E-state index is 0.168. The zero-order valence-corrected chi connectivity index (χ0v) is 11.0. The van der Waals surface area contributed by atoms with E-state index >= 15 is 0 Å². The largest absolute Gasteiger partial charge is 0.288 e. The zero-order valence-electron chi connectivity index (χ0n) is 9.34. The second-order valence-corrected chi connectivity index (χ2v) is 5.08. The summed E-state index contributed by atoms with van der Waals surface area (Å²) in [5.74, 6) is 0.829. The van der Waals surface area contributed by atoms with E-state index in [1.807, 2.05) is 18.4 Å². The van der Waals surface area contributed by atoms with Gasteiger partial charge in [-0.05, 0) is 12.7 Å². The van der Waals surface area contributed by atoms with Gasteiger partial charge in [0, 0.05) is 30.6 Å². The minimum atomic E-state index is 0.168. The SMILES string of the molecule is CSc1ncc(C=CCCSC(C)=O)cn1. The molecule has 0 amide bonds.